The van der Waals surface area contributed by atoms with Crippen LogP contribution < -0.4 is 14.8 Å². The van der Waals surface area contributed by atoms with E-state index in [0.29, 0.717) is 12.4 Å². The maximum absolute atomic E-state index is 14.0. The number of amides is 1. The van der Waals surface area contributed by atoms with Crippen LogP contribution in [0.15, 0.2) is 18.2 Å². The Morgan fingerprint density at radius 2 is 1.68 bits per heavy atom. The summed E-state index contributed by atoms with van der Waals surface area (Å²) in [4.78, 5) is 23.6. The fraction of sp³-hybridized carbons (Fsp3) is 0.467. The number of carbonyl (C=O) groups excluding carboxylic acids is 2. The van der Waals surface area contributed by atoms with Crippen molar-refractivity contribution >= 4 is 11.7 Å². The molecule has 1 aromatic carbocycles. The Bertz CT molecular complexity index is 608. The number of fused-ring (bicyclic) bond motifs is 1. The molecule has 0 saturated carbocycles. The molecule has 0 bridgehead atoms. The molecule has 2 rings (SSSR count). The fourth-order valence-corrected chi connectivity index (χ4v) is 1.89. The first-order valence-electron chi connectivity index (χ1n) is 6.76. The summed E-state index contributed by atoms with van der Waals surface area (Å²) in [5, 5.41) is 2.11. The topological polar surface area (TPSA) is 64.6 Å². The Morgan fingerprint density at radius 3 is 2.27 bits per heavy atom. The van der Waals surface area contributed by atoms with Gasteiger partial charge < -0.3 is 14.8 Å². The summed E-state index contributed by atoms with van der Waals surface area (Å²) in [6.45, 7) is 5.27. The van der Waals surface area contributed by atoms with Gasteiger partial charge in [0.1, 0.15) is 13.2 Å². The van der Waals surface area contributed by atoms with Crippen molar-refractivity contribution in [1.82, 2.24) is 5.32 Å². The SMILES string of the molecule is CC(C)(C)NC(=O)C(F)(F)C(=O)c1ccc2c(c1)OCCO2. The lowest BCUT2D eigenvalue weighted by Crippen LogP contribution is -2.52. The lowest BCUT2D eigenvalue weighted by molar-refractivity contribution is -0.140. The molecule has 1 aliphatic rings. The molecule has 120 valence electrons. The Labute approximate surface area is 126 Å². The van der Waals surface area contributed by atoms with Gasteiger partial charge in [0.15, 0.2) is 11.5 Å². The van der Waals surface area contributed by atoms with Crippen molar-refractivity contribution in [2.45, 2.75) is 32.2 Å². The molecule has 0 spiro atoms. The maximum atomic E-state index is 14.0. The molecule has 22 heavy (non-hydrogen) atoms. The van der Waals surface area contributed by atoms with Crippen molar-refractivity contribution in [3.63, 3.8) is 0 Å². The van der Waals surface area contributed by atoms with Crippen molar-refractivity contribution in [3.05, 3.63) is 23.8 Å². The normalized spacial score (nSPS) is 14.4. The second-order valence-corrected chi connectivity index (χ2v) is 5.97. The standard InChI is InChI=1S/C15H17F2NO4/c1-14(2,3)18-13(20)15(16,17)12(19)9-4-5-10-11(8-9)22-7-6-21-10/h4-5,8H,6-7H2,1-3H3,(H,18,20). The van der Waals surface area contributed by atoms with Crippen molar-refractivity contribution in [3.8, 4) is 11.5 Å². The minimum Gasteiger partial charge on any atom is -0.486 e. The Morgan fingerprint density at radius 1 is 1.09 bits per heavy atom. The number of ether oxygens (including phenoxy) is 2. The lowest BCUT2D eigenvalue weighted by atomic mass is 10.0. The minimum absolute atomic E-state index is 0.212. The van der Waals surface area contributed by atoms with Gasteiger partial charge in [0.05, 0.1) is 0 Å². The summed E-state index contributed by atoms with van der Waals surface area (Å²) in [6.07, 6.45) is 0. The van der Waals surface area contributed by atoms with E-state index in [9.17, 15) is 18.4 Å². The van der Waals surface area contributed by atoms with Crippen LogP contribution >= 0.6 is 0 Å². The first-order valence-corrected chi connectivity index (χ1v) is 6.76. The van der Waals surface area contributed by atoms with E-state index in [2.05, 4.69) is 5.32 Å². The largest absolute Gasteiger partial charge is 0.486 e. The molecule has 5 nitrogen and oxygen atoms in total. The van der Waals surface area contributed by atoms with Gasteiger partial charge in [-0.3, -0.25) is 9.59 Å². The molecule has 0 saturated heterocycles. The molecule has 1 heterocycles. The predicted molar refractivity (Wildman–Crippen MR) is 74.6 cm³/mol. The number of hydrogen-bond acceptors (Lipinski definition) is 4. The number of ketones is 1. The van der Waals surface area contributed by atoms with Crippen molar-refractivity contribution < 1.29 is 27.8 Å². The molecule has 1 N–H and O–H groups in total. The van der Waals surface area contributed by atoms with Crippen molar-refractivity contribution in [2.24, 2.45) is 0 Å². The lowest BCUT2D eigenvalue weighted by Gasteiger charge is -2.24. The Hall–Kier alpha value is -2.18. The summed E-state index contributed by atoms with van der Waals surface area (Å²) >= 11 is 0. The van der Waals surface area contributed by atoms with Gasteiger partial charge in [0.2, 0.25) is 5.78 Å². The van der Waals surface area contributed by atoms with Crippen LogP contribution in [-0.2, 0) is 4.79 Å². The van der Waals surface area contributed by atoms with Crippen LogP contribution in [0.3, 0.4) is 0 Å². The van der Waals surface area contributed by atoms with Crippen LogP contribution in [0.5, 0.6) is 11.5 Å². The number of halogens is 2. The fourth-order valence-electron chi connectivity index (χ4n) is 1.89. The highest BCUT2D eigenvalue weighted by molar-refractivity contribution is 6.15. The molecule has 0 unspecified atom stereocenters. The van der Waals surface area contributed by atoms with Crippen LogP contribution in [0.25, 0.3) is 0 Å². The second kappa shape index (κ2) is 5.55. The van der Waals surface area contributed by atoms with E-state index in [1.165, 1.54) is 12.1 Å². The van der Waals surface area contributed by atoms with E-state index in [1.807, 2.05) is 0 Å². The van der Waals surface area contributed by atoms with Gasteiger partial charge in [-0.15, -0.1) is 0 Å². The van der Waals surface area contributed by atoms with Crippen LogP contribution in [0, 0.1) is 0 Å². The molecule has 0 aliphatic carbocycles. The summed E-state index contributed by atoms with van der Waals surface area (Å²) in [7, 11) is 0. The summed E-state index contributed by atoms with van der Waals surface area (Å²) in [6, 6.07) is 3.72. The molecule has 0 radical (unpaired) electrons. The first kappa shape index (κ1) is 16.2. The highest BCUT2D eigenvalue weighted by Gasteiger charge is 2.48. The zero-order valence-electron chi connectivity index (χ0n) is 12.5. The number of hydrogen-bond donors (Lipinski definition) is 1. The van der Waals surface area contributed by atoms with E-state index in [4.69, 9.17) is 9.47 Å². The number of rotatable bonds is 3. The maximum Gasteiger partial charge on any atom is 0.386 e. The first-order chi connectivity index (χ1) is 10.1. The van der Waals surface area contributed by atoms with Crippen LogP contribution in [0.2, 0.25) is 0 Å². The van der Waals surface area contributed by atoms with Crippen LogP contribution in [0.1, 0.15) is 31.1 Å². The highest BCUT2D eigenvalue weighted by Crippen LogP contribution is 2.32. The van der Waals surface area contributed by atoms with E-state index in [1.54, 1.807) is 20.8 Å². The van der Waals surface area contributed by atoms with Gasteiger partial charge in [-0.1, -0.05) is 0 Å². The Balaban J connectivity index is 2.24. The van der Waals surface area contributed by atoms with E-state index >= 15 is 0 Å². The summed E-state index contributed by atoms with van der Waals surface area (Å²) in [5.41, 5.74) is -1.17. The Kier molecular flexibility index (Phi) is 4.08. The molecular formula is C15H17F2NO4. The van der Waals surface area contributed by atoms with Gasteiger partial charge in [-0.2, -0.15) is 8.78 Å². The third-order valence-corrected chi connectivity index (χ3v) is 2.86. The molecule has 0 aromatic heterocycles. The molecule has 0 fully saturated rings. The highest BCUT2D eigenvalue weighted by atomic mass is 19.3. The number of carbonyl (C=O) groups is 2. The second-order valence-electron chi connectivity index (χ2n) is 5.97. The van der Waals surface area contributed by atoms with E-state index in [-0.39, 0.29) is 17.9 Å². The number of Topliss-reactive ketones (excluding diaryl/α,β-unsaturated/α-hetero) is 1. The quantitative estimate of drug-likeness (QED) is 0.686. The van der Waals surface area contributed by atoms with E-state index < -0.39 is 23.2 Å². The smallest absolute Gasteiger partial charge is 0.386 e. The molecule has 7 heteroatoms. The number of nitrogens with one attached hydrogen (secondary N) is 1. The van der Waals surface area contributed by atoms with Crippen molar-refractivity contribution in [2.75, 3.05) is 13.2 Å². The predicted octanol–water partition coefficient (Wildman–Crippen LogP) is 2.19. The minimum atomic E-state index is -4.16. The van der Waals surface area contributed by atoms with Gasteiger partial charge in [0, 0.05) is 11.1 Å². The van der Waals surface area contributed by atoms with Crippen LogP contribution in [-0.4, -0.2) is 36.4 Å². The van der Waals surface area contributed by atoms with Crippen molar-refractivity contribution in [1.29, 1.82) is 0 Å². The van der Waals surface area contributed by atoms with Gasteiger partial charge in [0.25, 0.3) is 5.91 Å². The van der Waals surface area contributed by atoms with Gasteiger partial charge >= 0.3 is 5.92 Å². The zero-order valence-corrected chi connectivity index (χ0v) is 12.5. The average Bonchev–Trinajstić information content (AvgIpc) is 2.44. The average molecular weight is 313 g/mol. The molecular weight excluding hydrogens is 296 g/mol. The summed E-state index contributed by atoms with van der Waals surface area (Å²) < 4.78 is 38.5. The van der Waals surface area contributed by atoms with Crippen LogP contribution in [0.4, 0.5) is 8.78 Å². The number of alkyl halides is 2. The molecule has 0 atom stereocenters. The molecule has 1 aliphatic heterocycles. The number of benzene rings is 1. The molecule has 1 aromatic rings. The monoisotopic (exact) mass is 313 g/mol. The third kappa shape index (κ3) is 3.35. The van der Waals surface area contributed by atoms with E-state index in [0.717, 1.165) is 6.07 Å². The molecule has 1 amide bonds. The van der Waals surface area contributed by atoms with Gasteiger partial charge in [-0.05, 0) is 39.0 Å². The van der Waals surface area contributed by atoms with Gasteiger partial charge in [-0.25, -0.2) is 0 Å². The summed E-state index contributed by atoms with van der Waals surface area (Å²) in [5.74, 6) is -6.77. The zero-order chi connectivity index (χ0) is 16.5. The third-order valence-electron chi connectivity index (χ3n) is 2.86.